The second kappa shape index (κ2) is 3.64. The van der Waals surface area contributed by atoms with Crippen LogP contribution in [0.15, 0.2) is 18.2 Å². The van der Waals surface area contributed by atoms with Crippen LogP contribution in [0.1, 0.15) is 43.9 Å². The summed E-state index contributed by atoms with van der Waals surface area (Å²) in [6.45, 7) is 6.80. The Hall–Kier alpha value is -0.820. The Bertz CT molecular complexity index is 360. The number of nitrogens with two attached hydrogens (primary N) is 1. The molecule has 1 heteroatoms. The first-order valence-corrected chi connectivity index (χ1v) is 5.84. The lowest BCUT2D eigenvalue weighted by atomic mass is 9.81. The molecule has 1 aliphatic carbocycles. The van der Waals surface area contributed by atoms with Gasteiger partial charge in [-0.05, 0) is 41.4 Å². The maximum atomic E-state index is 5.97. The first-order valence-electron chi connectivity index (χ1n) is 5.84. The first kappa shape index (κ1) is 10.7. The van der Waals surface area contributed by atoms with Crippen LogP contribution < -0.4 is 5.73 Å². The standard InChI is InChI=1S/C14H21N/c1-14(2,3)12-6-4-11-9-13(15)7-5-10(11)8-12/h4,6,8,13H,5,7,9,15H2,1-3H3. The summed E-state index contributed by atoms with van der Waals surface area (Å²) in [5.41, 5.74) is 10.7. The topological polar surface area (TPSA) is 26.0 Å². The summed E-state index contributed by atoms with van der Waals surface area (Å²) in [4.78, 5) is 0. The average Bonchev–Trinajstić information content (AvgIpc) is 2.15. The predicted octanol–water partition coefficient (Wildman–Crippen LogP) is 2.80. The molecule has 82 valence electrons. The number of benzene rings is 1. The molecule has 1 atom stereocenters. The Kier molecular flexibility index (Phi) is 2.59. The van der Waals surface area contributed by atoms with E-state index < -0.39 is 0 Å². The molecule has 0 saturated heterocycles. The zero-order valence-corrected chi connectivity index (χ0v) is 10.0. The van der Waals surface area contributed by atoms with E-state index in [1.54, 1.807) is 0 Å². The van der Waals surface area contributed by atoms with Gasteiger partial charge in [0.05, 0.1) is 0 Å². The van der Waals surface area contributed by atoms with Gasteiger partial charge in [-0.3, -0.25) is 0 Å². The van der Waals surface area contributed by atoms with Crippen molar-refractivity contribution in [3.63, 3.8) is 0 Å². The van der Waals surface area contributed by atoms with Crippen LogP contribution in [-0.2, 0) is 18.3 Å². The Balaban J connectivity index is 2.35. The van der Waals surface area contributed by atoms with Crippen LogP contribution in [0, 0.1) is 0 Å². The average molecular weight is 203 g/mol. The van der Waals surface area contributed by atoms with Gasteiger partial charge >= 0.3 is 0 Å². The molecule has 0 radical (unpaired) electrons. The van der Waals surface area contributed by atoms with Crippen LogP contribution in [-0.4, -0.2) is 6.04 Å². The third-order valence-corrected chi connectivity index (χ3v) is 3.34. The minimum atomic E-state index is 0.259. The molecule has 1 unspecified atom stereocenters. The van der Waals surface area contributed by atoms with Crippen LogP contribution in [0.2, 0.25) is 0 Å². The van der Waals surface area contributed by atoms with Crippen molar-refractivity contribution in [1.29, 1.82) is 0 Å². The van der Waals surface area contributed by atoms with Crippen molar-refractivity contribution in [3.05, 3.63) is 34.9 Å². The van der Waals surface area contributed by atoms with Gasteiger partial charge in [0, 0.05) is 6.04 Å². The fourth-order valence-electron chi connectivity index (χ4n) is 2.25. The van der Waals surface area contributed by atoms with Gasteiger partial charge in [-0.2, -0.15) is 0 Å². The lowest BCUT2D eigenvalue weighted by Crippen LogP contribution is -2.28. The molecule has 1 aliphatic rings. The van der Waals surface area contributed by atoms with E-state index in [1.165, 1.54) is 16.7 Å². The van der Waals surface area contributed by atoms with Crippen molar-refractivity contribution in [3.8, 4) is 0 Å². The zero-order chi connectivity index (χ0) is 11.1. The molecule has 1 aromatic rings. The van der Waals surface area contributed by atoms with E-state index in [0.717, 1.165) is 19.3 Å². The lowest BCUT2D eigenvalue weighted by molar-refractivity contribution is 0.564. The summed E-state index contributed by atoms with van der Waals surface area (Å²) < 4.78 is 0. The largest absolute Gasteiger partial charge is 0.327 e. The minimum absolute atomic E-state index is 0.259. The normalized spacial score (nSPS) is 21.2. The van der Waals surface area contributed by atoms with Crippen LogP contribution >= 0.6 is 0 Å². The third-order valence-electron chi connectivity index (χ3n) is 3.34. The molecule has 0 fully saturated rings. The molecule has 15 heavy (non-hydrogen) atoms. The van der Waals surface area contributed by atoms with Crippen molar-refractivity contribution in [2.45, 2.75) is 51.5 Å². The van der Waals surface area contributed by atoms with Gasteiger partial charge in [-0.1, -0.05) is 39.0 Å². The molecule has 0 aromatic heterocycles. The second-order valence-electron chi connectivity index (χ2n) is 5.74. The van der Waals surface area contributed by atoms with Gasteiger partial charge in [0.25, 0.3) is 0 Å². The highest BCUT2D eigenvalue weighted by atomic mass is 14.6. The molecule has 0 heterocycles. The summed E-state index contributed by atoms with van der Waals surface area (Å²) in [5, 5.41) is 0. The van der Waals surface area contributed by atoms with E-state index in [0.29, 0.717) is 6.04 Å². The number of hydrogen-bond acceptors (Lipinski definition) is 1. The fourth-order valence-corrected chi connectivity index (χ4v) is 2.25. The van der Waals surface area contributed by atoms with E-state index in [2.05, 4.69) is 39.0 Å². The molecular formula is C14H21N. The number of aryl methyl sites for hydroxylation is 1. The summed E-state index contributed by atoms with van der Waals surface area (Å²) >= 11 is 0. The Morgan fingerprint density at radius 1 is 1.20 bits per heavy atom. The number of fused-ring (bicyclic) bond motifs is 1. The molecule has 0 saturated carbocycles. The molecule has 1 aromatic carbocycles. The van der Waals surface area contributed by atoms with Gasteiger partial charge in [0.1, 0.15) is 0 Å². The van der Waals surface area contributed by atoms with Crippen molar-refractivity contribution < 1.29 is 0 Å². The van der Waals surface area contributed by atoms with E-state index in [-0.39, 0.29) is 5.41 Å². The summed E-state index contributed by atoms with van der Waals surface area (Å²) in [7, 11) is 0. The zero-order valence-electron chi connectivity index (χ0n) is 10.0. The predicted molar refractivity (Wildman–Crippen MR) is 65.1 cm³/mol. The van der Waals surface area contributed by atoms with Crippen molar-refractivity contribution >= 4 is 0 Å². The molecule has 2 N–H and O–H groups in total. The number of hydrogen-bond donors (Lipinski definition) is 1. The highest BCUT2D eigenvalue weighted by Crippen LogP contribution is 2.28. The molecule has 1 nitrogen and oxygen atoms in total. The fraction of sp³-hybridized carbons (Fsp3) is 0.571. The highest BCUT2D eigenvalue weighted by molar-refractivity contribution is 5.37. The van der Waals surface area contributed by atoms with Gasteiger partial charge in [-0.15, -0.1) is 0 Å². The summed E-state index contributed by atoms with van der Waals surface area (Å²) in [6.07, 6.45) is 3.35. The van der Waals surface area contributed by atoms with Crippen molar-refractivity contribution in [1.82, 2.24) is 0 Å². The molecule has 0 amide bonds. The Morgan fingerprint density at radius 3 is 2.60 bits per heavy atom. The third kappa shape index (κ3) is 2.23. The van der Waals surface area contributed by atoms with Gasteiger partial charge < -0.3 is 5.73 Å². The molecule has 0 spiro atoms. The van der Waals surface area contributed by atoms with Crippen molar-refractivity contribution in [2.24, 2.45) is 5.73 Å². The van der Waals surface area contributed by atoms with E-state index in [4.69, 9.17) is 5.73 Å². The van der Waals surface area contributed by atoms with Gasteiger partial charge in [0.15, 0.2) is 0 Å². The van der Waals surface area contributed by atoms with Crippen LogP contribution in [0.5, 0.6) is 0 Å². The second-order valence-corrected chi connectivity index (χ2v) is 5.74. The monoisotopic (exact) mass is 203 g/mol. The lowest BCUT2D eigenvalue weighted by Gasteiger charge is -2.25. The Morgan fingerprint density at radius 2 is 1.93 bits per heavy atom. The smallest absolute Gasteiger partial charge is 0.00825 e. The molecular weight excluding hydrogens is 182 g/mol. The highest BCUT2D eigenvalue weighted by Gasteiger charge is 2.19. The first-order chi connectivity index (χ1) is 6.97. The SMILES string of the molecule is CC(C)(C)c1ccc2c(c1)CCC(N)C2. The van der Waals surface area contributed by atoms with E-state index >= 15 is 0 Å². The van der Waals surface area contributed by atoms with E-state index in [1.807, 2.05) is 0 Å². The van der Waals surface area contributed by atoms with Crippen LogP contribution in [0.4, 0.5) is 0 Å². The molecule has 0 bridgehead atoms. The minimum Gasteiger partial charge on any atom is -0.327 e. The molecule has 2 rings (SSSR count). The van der Waals surface area contributed by atoms with Gasteiger partial charge in [-0.25, -0.2) is 0 Å². The summed E-state index contributed by atoms with van der Waals surface area (Å²) in [6, 6.07) is 7.28. The van der Waals surface area contributed by atoms with Crippen LogP contribution in [0.3, 0.4) is 0 Å². The summed E-state index contributed by atoms with van der Waals surface area (Å²) in [5.74, 6) is 0. The van der Waals surface area contributed by atoms with E-state index in [9.17, 15) is 0 Å². The van der Waals surface area contributed by atoms with Crippen molar-refractivity contribution in [2.75, 3.05) is 0 Å². The maximum absolute atomic E-state index is 5.97. The molecule has 0 aliphatic heterocycles. The quantitative estimate of drug-likeness (QED) is 0.689. The van der Waals surface area contributed by atoms with Crippen LogP contribution in [0.25, 0.3) is 0 Å². The number of rotatable bonds is 0. The van der Waals surface area contributed by atoms with Gasteiger partial charge in [0.2, 0.25) is 0 Å². The Labute approximate surface area is 92.7 Å². The maximum Gasteiger partial charge on any atom is 0.00825 e.